The zero-order chi connectivity index (χ0) is 42.3. The minimum Gasteiger partial charge on any atom is -0.489 e. The Morgan fingerprint density at radius 3 is 2.48 bits per heavy atom. The largest absolute Gasteiger partial charge is 0.489 e. The normalized spacial score (nSPS) is 20.6. The Morgan fingerprint density at radius 2 is 1.77 bits per heavy atom. The van der Waals surface area contributed by atoms with Crippen LogP contribution in [0, 0.1) is 5.92 Å². The number of pyridine rings is 1. The highest BCUT2D eigenvalue weighted by Crippen LogP contribution is 2.37. The van der Waals surface area contributed by atoms with E-state index < -0.39 is 35.4 Å². The van der Waals surface area contributed by atoms with E-state index in [0.717, 1.165) is 86.9 Å². The van der Waals surface area contributed by atoms with E-state index in [9.17, 15) is 37.5 Å². The third kappa shape index (κ3) is 8.22. The van der Waals surface area contributed by atoms with Crippen molar-refractivity contribution < 1.29 is 37.4 Å². The predicted octanol–water partition coefficient (Wildman–Crippen LogP) is 5.04. The Bertz CT molecular complexity index is 2480. The van der Waals surface area contributed by atoms with Crippen molar-refractivity contribution in [2.45, 2.75) is 75.7 Å². The number of nitrogens with one attached hydrogen (secondary N) is 2. The summed E-state index contributed by atoms with van der Waals surface area (Å²) in [5.74, 6) is -0.848. The van der Waals surface area contributed by atoms with Gasteiger partial charge in [-0.3, -0.25) is 33.5 Å². The van der Waals surface area contributed by atoms with Crippen molar-refractivity contribution in [1.82, 2.24) is 34.1 Å². The van der Waals surface area contributed by atoms with Crippen molar-refractivity contribution in [2.75, 3.05) is 50.1 Å². The molecule has 2 saturated heterocycles. The fourth-order valence-electron chi connectivity index (χ4n) is 9.14. The molecule has 1 atom stereocenters. The van der Waals surface area contributed by atoms with Crippen LogP contribution in [0.3, 0.4) is 0 Å². The molecule has 2 aliphatic heterocycles. The molecule has 60 heavy (non-hydrogen) atoms. The van der Waals surface area contributed by atoms with Gasteiger partial charge < -0.3 is 25.0 Å². The van der Waals surface area contributed by atoms with E-state index in [-0.39, 0.29) is 55.1 Å². The van der Waals surface area contributed by atoms with Crippen LogP contribution >= 0.6 is 0 Å². The van der Waals surface area contributed by atoms with Crippen LogP contribution in [0.5, 0.6) is 5.75 Å². The van der Waals surface area contributed by atoms with Gasteiger partial charge in [0.15, 0.2) is 0 Å². The lowest BCUT2D eigenvalue weighted by molar-refractivity contribution is -0.141. The Hall–Kier alpha value is -5.75. The van der Waals surface area contributed by atoms with E-state index in [1.54, 1.807) is 23.7 Å². The lowest BCUT2D eigenvalue weighted by Gasteiger charge is -2.40. The summed E-state index contributed by atoms with van der Waals surface area (Å²) in [6.07, 6.45) is 3.55. The molecule has 2 aromatic carbocycles. The molecule has 15 nitrogen and oxygen atoms in total. The number of aliphatic hydroxyl groups is 1. The Balaban J connectivity index is 0.877. The van der Waals surface area contributed by atoms with Crippen molar-refractivity contribution in [3.8, 4) is 5.75 Å². The summed E-state index contributed by atoms with van der Waals surface area (Å²) in [7, 11) is 3.94. The molecule has 18 heteroatoms. The average Bonchev–Trinajstić information content (AvgIpc) is 3.77. The molecular formula is C42H48F3N9O6. The van der Waals surface area contributed by atoms with Gasteiger partial charge in [0.05, 0.1) is 40.6 Å². The molecule has 5 heterocycles. The first-order valence-corrected chi connectivity index (χ1v) is 20.4. The molecular weight excluding hydrogens is 784 g/mol. The summed E-state index contributed by atoms with van der Waals surface area (Å²) >= 11 is 0. The maximum Gasteiger partial charge on any atom is 0.433 e. The molecule has 318 valence electrons. The number of aliphatic hydroxyl groups excluding tert-OH is 1. The van der Waals surface area contributed by atoms with Crippen molar-refractivity contribution in [2.24, 2.45) is 13.0 Å². The van der Waals surface area contributed by atoms with Crippen LogP contribution in [0.25, 0.3) is 21.9 Å². The number of halogens is 3. The van der Waals surface area contributed by atoms with E-state index in [1.165, 1.54) is 10.6 Å². The van der Waals surface area contributed by atoms with E-state index in [2.05, 4.69) is 32.5 Å². The highest BCUT2D eigenvalue weighted by molar-refractivity contribution is 6.05. The fraction of sp³-hybridized carbons (Fsp3) is 0.476. The third-order valence-electron chi connectivity index (χ3n) is 12.3. The topological polar surface area (TPSA) is 169 Å². The summed E-state index contributed by atoms with van der Waals surface area (Å²) in [5, 5.41) is 20.0. The van der Waals surface area contributed by atoms with Crippen LogP contribution in [0.2, 0.25) is 0 Å². The number of rotatable bonds is 11. The number of aryl methyl sites for hydroxylation is 1. The second-order valence-corrected chi connectivity index (χ2v) is 16.1. The molecule has 3 fully saturated rings. The van der Waals surface area contributed by atoms with Gasteiger partial charge in [0, 0.05) is 56.8 Å². The van der Waals surface area contributed by atoms with Crippen LogP contribution in [-0.4, -0.2) is 97.6 Å². The second kappa shape index (κ2) is 16.7. The summed E-state index contributed by atoms with van der Waals surface area (Å²) in [6, 6.07) is 12.1. The lowest BCUT2D eigenvalue weighted by Crippen LogP contribution is -2.45. The molecule has 0 spiro atoms. The van der Waals surface area contributed by atoms with Crippen molar-refractivity contribution in [3.05, 3.63) is 76.6 Å². The Labute approximate surface area is 343 Å². The van der Waals surface area contributed by atoms with Gasteiger partial charge in [-0.1, -0.05) is 12.1 Å². The number of alkyl halides is 3. The van der Waals surface area contributed by atoms with Crippen molar-refractivity contribution in [1.29, 1.82) is 0 Å². The van der Waals surface area contributed by atoms with Gasteiger partial charge >= 0.3 is 11.9 Å². The van der Waals surface area contributed by atoms with Crippen LogP contribution in [0.15, 0.2) is 59.5 Å². The van der Waals surface area contributed by atoms with Gasteiger partial charge in [-0.05, 0) is 88.2 Å². The molecule has 3 aromatic heterocycles. The van der Waals surface area contributed by atoms with Gasteiger partial charge in [-0.2, -0.15) is 18.3 Å². The minimum atomic E-state index is -4.70. The van der Waals surface area contributed by atoms with Gasteiger partial charge in [0.2, 0.25) is 11.8 Å². The Kier molecular flexibility index (Phi) is 11.4. The maximum atomic E-state index is 13.5. The molecule has 3 aliphatic rings. The average molecular weight is 832 g/mol. The number of piperidine rings is 2. The number of hydrogen-bond donors (Lipinski definition) is 3. The summed E-state index contributed by atoms with van der Waals surface area (Å²) in [4.78, 5) is 59.3. The van der Waals surface area contributed by atoms with Gasteiger partial charge in [-0.25, -0.2) is 9.78 Å². The number of ether oxygens (including phenoxy) is 1. The molecule has 3 N–H and O–H groups in total. The number of imide groups is 1. The highest BCUT2D eigenvalue weighted by Gasteiger charge is 2.35. The number of fused-ring (bicyclic) bond motifs is 2. The van der Waals surface area contributed by atoms with Gasteiger partial charge in [0.25, 0.3) is 5.91 Å². The van der Waals surface area contributed by atoms with E-state index in [0.29, 0.717) is 23.0 Å². The van der Waals surface area contributed by atoms with E-state index in [1.807, 2.05) is 29.1 Å². The number of para-hydroxylation sites is 1. The third-order valence-corrected chi connectivity index (χ3v) is 12.3. The minimum absolute atomic E-state index is 0.0595. The number of nitrogens with zero attached hydrogens (tertiary/aromatic N) is 7. The van der Waals surface area contributed by atoms with E-state index in [4.69, 9.17) is 9.84 Å². The SMILES string of the molecule is CN(CC1CCC(n2cc3cc(NC(=O)c4cccc(C(F)(F)F)n4)c(OCCO)cc3n2)CC1)C1CCN(c2cccc3c2n(C)c(=O)n3C2CCC(=O)NC2=O)CC1. The lowest BCUT2D eigenvalue weighted by atomic mass is 9.85. The molecule has 1 aliphatic carbocycles. The number of benzene rings is 2. The standard InChI is InChI=1S/C42H48F3N9O6/c1-50(27-15-17-52(18-16-27)32-6-4-7-33-38(32)51(2)41(59)54(33)34-13-14-37(56)48-40(34)58)23-25-9-11-28(12-10-25)53-24-26-21-31(35(60-20-19-55)22-30(26)49-53)47-39(57)29-5-3-8-36(46-29)42(43,44)45/h3-8,21-22,24-25,27-28,34,55H,9-20,23H2,1-2H3,(H,47,57)(H,48,56,58). The first-order chi connectivity index (χ1) is 28.8. The molecule has 0 bridgehead atoms. The van der Waals surface area contributed by atoms with E-state index >= 15 is 0 Å². The molecule has 5 aromatic rings. The monoisotopic (exact) mass is 831 g/mol. The van der Waals surface area contributed by atoms with Crippen molar-refractivity contribution >= 4 is 51.0 Å². The number of aromatic nitrogens is 5. The van der Waals surface area contributed by atoms with Crippen LogP contribution in [0.4, 0.5) is 24.5 Å². The molecule has 0 radical (unpaired) electrons. The first kappa shape index (κ1) is 41.0. The number of anilines is 2. The molecule has 3 amide bonds. The second-order valence-electron chi connectivity index (χ2n) is 16.1. The van der Waals surface area contributed by atoms with Crippen molar-refractivity contribution in [3.63, 3.8) is 0 Å². The number of carbonyl (C=O) groups excluding carboxylic acids is 3. The first-order valence-electron chi connectivity index (χ1n) is 20.4. The van der Waals surface area contributed by atoms with Gasteiger partial charge in [0.1, 0.15) is 29.8 Å². The number of amides is 3. The van der Waals surface area contributed by atoms with Crippen LogP contribution in [0.1, 0.15) is 79.6 Å². The van der Waals surface area contributed by atoms with Crippen LogP contribution < -0.4 is 26.0 Å². The summed E-state index contributed by atoms with van der Waals surface area (Å²) in [5.41, 5.74) is 1.44. The summed E-state index contributed by atoms with van der Waals surface area (Å²) < 4.78 is 50.5. The number of carbonyl (C=O) groups is 3. The zero-order valence-corrected chi connectivity index (χ0v) is 33.5. The number of hydrogen-bond acceptors (Lipinski definition) is 10. The summed E-state index contributed by atoms with van der Waals surface area (Å²) in [6.45, 7) is 2.29. The molecule has 1 saturated carbocycles. The van der Waals surface area contributed by atoms with Gasteiger partial charge in [-0.15, -0.1) is 0 Å². The fourth-order valence-corrected chi connectivity index (χ4v) is 9.14. The highest BCUT2D eigenvalue weighted by atomic mass is 19.4. The van der Waals surface area contributed by atoms with Crippen LogP contribution in [-0.2, 0) is 22.8 Å². The molecule has 8 rings (SSSR count). The Morgan fingerprint density at radius 1 is 1.02 bits per heavy atom. The zero-order valence-electron chi connectivity index (χ0n) is 33.5. The number of imidazole rings is 1. The smallest absolute Gasteiger partial charge is 0.433 e. The predicted molar refractivity (Wildman–Crippen MR) is 217 cm³/mol. The molecule has 1 unspecified atom stereocenters. The maximum absolute atomic E-state index is 13.5. The quantitative estimate of drug-likeness (QED) is 0.154.